The van der Waals surface area contributed by atoms with Crippen LogP contribution in [-0.4, -0.2) is 41.8 Å². The van der Waals surface area contributed by atoms with Gasteiger partial charge >= 0.3 is 12.1 Å². The minimum Gasteiger partial charge on any atom is -0.468 e. The first-order chi connectivity index (χ1) is 9.81. The Morgan fingerprint density at radius 2 is 2.00 bits per heavy atom. The number of ether oxygens (including phenoxy) is 1. The van der Waals surface area contributed by atoms with Gasteiger partial charge in [0.1, 0.15) is 6.04 Å². The van der Waals surface area contributed by atoms with Crippen LogP contribution in [0.2, 0.25) is 0 Å². The molecule has 7 heteroatoms. The smallest absolute Gasteiger partial charge is 0.416 e. The molecule has 1 aromatic rings. The fraction of sp³-hybridized carbons (Fsp3) is 0.500. The predicted octanol–water partition coefficient (Wildman–Crippen LogP) is 1.81. The molecule has 2 rings (SSSR count). The van der Waals surface area contributed by atoms with Gasteiger partial charge in [-0.05, 0) is 17.7 Å². The average Bonchev–Trinajstić information content (AvgIpc) is 2.78. The number of nitrogens with zero attached hydrogens (tertiary/aromatic N) is 1. The fourth-order valence-electron chi connectivity index (χ4n) is 2.47. The lowest BCUT2D eigenvalue weighted by atomic mass is 10.1. The maximum absolute atomic E-state index is 12.5. The number of methoxy groups -OCH3 is 1. The molecule has 2 atom stereocenters. The molecule has 0 bridgehead atoms. The van der Waals surface area contributed by atoms with Gasteiger partial charge in [0.05, 0.1) is 18.8 Å². The molecule has 1 aromatic carbocycles. The zero-order valence-corrected chi connectivity index (χ0v) is 11.4. The molecule has 1 aliphatic rings. The first-order valence-corrected chi connectivity index (χ1v) is 6.47. The molecule has 0 aliphatic carbocycles. The standard InChI is InChI=1S/C14H16F3NO3/c1-21-13(20)12-6-11(19)8-18(12)7-9-2-4-10(5-3-9)14(15,16)17/h2-5,11-12,19H,6-8H2,1H3. The first-order valence-electron chi connectivity index (χ1n) is 6.47. The molecule has 4 nitrogen and oxygen atoms in total. The van der Waals surface area contributed by atoms with Crippen LogP contribution in [0.1, 0.15) is 17.5 Å². The van der Waals surface area contributed by atoms with Gasteiger partial charge in [-0.25, -0.2) is 0 Å². The maximum atomic E-state index is 12.5. The molecule has 2 unspecified atom stereocenters. The van der Waals surface area contributed by atoms with Crippen LogP contribution in [0.5, 0.6) is 0 Å². The minimum absolute atomic E-state index is 0.271. The maximum Gasteiger partial charge on any atom is 0.416 e. The number of rotatable bonds is 3. The van der Waals surface area contributed by atoms with Gasteiger partial charge in [0.25, 0.3) is 0 Å². The van der Waals surface area contributed by atoms with Gasteiger partial charge in [0.15, 0.2) is 0 Å². The predicted molar refractivity (Wildman–Crippen MR) is 68.3 cm³/mol. The highest BCUT2D eigenvalue weighted by atomic mass is 19.4. The van der Waals surface area contributed by atoms with E-state index in [4.69, 9.17) is 0 Å². The second kappa shape index (κ2) is 6.03. The molecule has 0 saturated carbocycles. The summed E-state index contributed by atoms with van der Waals surface area (Å²) in [6, 6.07) is 4.21. The zero-order valence-electron chi connectivity index (χ0n) is 11.4. The largest absolute Gasteiger partial charge is 0.468 e. The van der Waals surface area contributed by atoms with Crippen LogP contribution in [0.4, 0.5) is 13.2 Å². The van der Waals surface area contributed by atoms with Crippen molar-refractivity contribution in [3.63, 3.8) is 0 Å². The summed E-state index contributed by atoms with van der Waals surface area (Å²) in [6.07, 6.45) is -4.73. The number of carbonyl (C=O) groups is 1. The molecule has 1 heterocycles. The molecule has 0 aromatic heterocycles. The Hall–Kier alpha value is -1.60. The van der Waals surface area contributed by atoms with E-state index in [2.05, 4.69) is 4.74 Å². The quantitative estimate of drug-likeness (QED) is 0.865. The lowest BCUT2D eigenvalue weighted by Gasteiger charge is -2.22. The summed E-state index contributed by atoms with van der Waals surface area (Å²) in [7, 11) is 1.27. The number of hydrogen-bond acceptors (Lipinski definition) is 4. The van der Waals surface area contributed by atoms with E-state index >= 15 is 0 Å². The molecule has 0 radical (unpaired) electrons. The van der Waals surface area contributed by atoms with Crippen molar-refractivity contribution < 1.29 is 27.8 Å². The topological polar surface area (TPSA) is 49.8 Å². The summed E-state index contributed by atoms with van der Waals surface area (Å²) < 4.78 is 42.1. The Morgan fingerprint density at radius 3 is 2.52 bits per heavy atom. The van der Waals surface area contributed by atoms with Crippen molar-refractivity contribution in [1.29, 1.82) is 0 Å². The lowest BCUT2D eigenvalue weighted by molar-refractivity contribution is -0.146. The van der Waals surface area contributed by atoms with Crippen LogP contribution in [0, 0.1) is 0 Å². The highest BCUT2D eigenvalue weighted by Crippen LogP contribution is 2.29. The van der Waals surface area contributed by atoms with E-state index in [0.29, 0.717) is 12.1 Å². The fourth-order valence-corrected chi connectivity index (χ4v) is 2.47. The van der Waals surface area contributed by atoms with Crippen LogP contribution in [0.3, 0.4) is 0 Å². The molecule has 1 fully saturated rings. The monoisotopic (exact) mass is 303 g/mol. The summed E-state index contributed by atoms with van der Waals surface area (Å²) >= 11 is 0. The number of aliphatic hydroxyl groups is 1. The van der Waals surface area contributed by atoms with Crippen molar-refractivity contribution in [3.8, 4) is 0 Å². The number of β-amino-alcohol motifs (C(OH)–C–C–N with tert-alkyl or cyclic N) is 1. The Kier molecular flexibility index (Phi) is 4.53. The van der Waals surface area contributed by atoms with Crippen molar-refractivity contribution in [2.45, 2.75) is 31.3 Å². The molecular formula is C14H16F3NO3. The van der Waals surface area contributed by atoms with Crippen LogP contribution >= 0.6 is 0 Å². The Morgan fingerprint density at radius 1 is 1.38 bits per heavy atom. The third-order valence-electron chi connectivity index (χ3n) is 3.52. The highest BCUT2D eigenvalue weighted by molar-refractivity contribution is 5.76. The van der Waals surface area contributed by atoms with Gasteiger partial charge in [0, 0.05) is 19.5 Å². The van der Waals surface area contributed by atoms with E-state index in [0.717, 1.165) is 12.1 Å². The number of hydrogen-bond donors (Lipinski definition) is 1. The molecular weight excluding hydrogens is 287 g/mol. The summed E-state index contributed by atoms with van der Waals surface area (Å²) in [6.45, 7) is 0.579. The minimum atomic E-state index is -4.36. The second-order valence-electron chi connectivity index (χ2n) is 5.05. The summed E-state index contributed by atoms with van der Waals surface area (Å²) in [5.74, 6) is -0.446. The van der Waals surface area contributed by atoms with Gasteiger partial charge in [-0.2, -0.15) is 13.2 Å². The Bertz CT molecular complexity index is 501. The van der Waals surface area contributed by atoms with Crippen molar-refractivity contribution in [2.75, 3.05) is 13.7 Å². The van der Waals surface area contributed by atoms with Crippen molar-refractivity contribution in [1.82, 2.24) is 4.90 Å². The van der Waals surface area contributed by atoms with E-state index < -0.39 is 29.9 Å². The molecule has 0 spiro atoms. The van der Waals surface area contributed by atoms with Crippen LogP contribution in [-0.2, 0) is 22.3 Å². The number of likely N-dealkylation sites (tertiary alicyclic amines) is 1. The Labute approximate surface area is 120 Å². The van der Waals surface area contributed by atoms with Crippen molar-refractivity contribution >= 4 is 5.97 Å². The molecule has 21 heavy (non-hydrogen) atoms. The normalized spacial score (nSPS) is 23.3. The second-order valence-corrected chi connectivity index (χ2v) is 5.05. The van der Waals surface area contributed by atoms with Gasteiger partial charge in [-0.15, -0.1) is 0 Å². The lowest BCUT2D eigenvalue weighted by Crippen LogP contribution is -2.36. The van der Waals surface area contributed by atoms with E-state index in [-0.39, 0.29) is 13.0 Å². The number of benzene rings is 1. The summed E-state index contributed by atoms with van der Waals surface area (Å²) in [5.41, 5.74) is -0.0665. The average molecular weight is 303 g/mol. The molecule has 1 saturated heterocycles. The molecule has 116 valence electrons. The number of halogens is 3. The highest BCUT2D eigenvalue weighted by Gasteiger charge is 2.36. The van der Waals surface area contributed by atoms with Crippen molar-refractivity contribution in [2.24, 2.45) is 0 Å². The SMILES string of the molecule is COC(=O)C1CC(O)CN1Cc1ccc(C(F)(F)F)cc1. The van der Waals surface area contributed by atoms with E-state index in [1.807, 2.05) is 0 Å². The summed E-state index contributed by atoms with van der Waals surface area (Å²) in [5, 5.41) is 9.65. The van der Waals surface area contributed by atoms with E-state index in [1.165, 1.54) is 19.2 Å². The van der Waals surface area contributed by atoms with Gasteiger partial charge in [-0.1, -0.05) is 12.1 Å². The van der Waals surface area contributed by atoms with Crippen LogP contribution in [0.25, 0.3) is 0 Å². The number of esters is 1. The van der Waals surface area contributed by atoms with Gasteiger partial charge in [-0.3, -0.25) is 9.69 Å². The first kappa shape index (κ1) is 15.8. The number of alkyl halides is 3. The number of carbonyl (C=O) groups excluding carboxylic acids is 1. The summed E-state index contributed by atoms with van der Waals surface area (Å²) in [4.78, 5) is 13.3. The number of aliphatic hydroxyl groups excluding tert-OH is 1. The van der Waals surface area contributed by atoms with E-state index in [1.54, 1.807) is 4.90 Å². The third kappa shape index (κ3) is 3.74. The van der Waals surface area contributed by atoms with Crippen LogP contribution < -0.4 is 0 Å². The third-order valence-corrected chi connectivity index (χ3v) is 3.52. The zero-order chi connectivity index (χ0) is 15.6. The van der Waals surface area contributed by atoms with Crippen molar-refractivity contribution in [3.05, 3.63) is 35.4 Å². The van der Waals surface area contributed by atoms with E-state index in [9.17, 15) is 23.1 Å². The Balaban J connectivity index is 2.08. The molecule has 1 aliphatic heterocycles. The molecule has 1 N–H and O–H groups in total. The van der Waals surface area contributed by atoms with Gasteiger partial charge < -0.3 is 9.84 Å². The van der Waals surface area contributed by atoms with Crippen LogP contribution in [0.15, 0.2) is 24.3 Å². The molecule has 0 amide bonds. The van der Waals surface area contributed by atoms with Gasteiger partial charge in [0.2, 0.25) is 0 Å².